The average molecular weight is 471 g/mol. The molecule has 0 spiro atoms. The van der Waals surface area contributed by atoms with Crippen molar-refractivity contribution in [2.75, 3.05) is 12.4 Å². The molecule has 3 heterocycles. The van der Waals surface area contributed by atoms with Crippen LogP contribution in [0, 0.1) is 12.7 Å². The Labute approximate surface area is 200 Å². The highest BCUT2D eigenvalue weighted by Crippen LogP contribution is 2.31. The third kappa shape index (κ3) is 4.43. The number of carbonyl (C=O) groups is 1. The van der Waals surface area contributed by atoms with Crippen LogP contribution in [0.5, 0.6) is 11.5 Å². The van der Waals surface area contributed by atoms with Crippen LogP contribution in [0.25, 0.3) is 11.3 Å². The van der Waals surface area contributed by atoms with Gasteiger partial charge < -0.3 is 19.2 Å². The topological polar surface area (TPSA) is 82.7 Å². The van der Waals surface area contributed by atoms with E-state index >= 15 is 0 Å². The number of nitrogens with one attached hydrogen (secondary N) is 1. The van der Waals surface area contributed by atoms with Crippen LogP contribution in [0.2, 0.25) is 0 Å². The van der Waals surface area contributed by atoms with Crippen molar-refractivity contribution in [3.8, 4) is 17.2 Å². The summed E-state index contributed by atoms with van der Waals surface area (Å²) in [5.41, 5.74) is 3.21. The number of rotatable bonds is 7. The molecule has 9 heteroatoms. The Morgan fingerprint density at radius 1 is 1.09 bits per heavy atom. The number of amides is 1. The van der Waals surface area contributed by atoms with Gasteiger partial charge in [0, 0.05) is 24.1 Å². The van der Waals surface area contributed by atoms with Gasteiger partial charge in [0.25, 0.3) is 5.91 Å². The highest BCUT2D eigenvalue weighted by molar-refractivity contribution is 6.05. The van der Waals surface area contributed by atoms with E-state index in [1.165, 1.54) is 16.9 Å². The van der Waals surface area contributed by atoms with Gasteiger partial charge in [-0.2, -0.15) is 5.10 Å². The van der Waals surface area contributed by atoms with E-state index in [1.807, 2.05) is 35.0 Å². The van der Waals surface area contributed by atoms with E-state index in [-0.39, 0.29) is 18.2 Å². The number of carbonyl (C=O) groups excluding carboxylic acids is 1. The minimum atomic E-state index is -0.423. The second-order valence-electron chi connectivity index (χ2n) is 7.81. The number of benzene rings is 2. The lowest BCUT2D eigenvalue weighted by Gasteiger charge is -2.12. The van der Waals surface area contributed by atoms with Crippen LogP contribution in [-0.2, 0) is 6.61 Å². The van der Waals surface area contributed by atoms with E-state index in [0.29, 0.717) is 28.4 Å². The van der Waals surface area contributed by atoms with Gasteiger partial charge in [-0.15, -0.1) is 0 Å². The van der Waals surface area contributed by atoms with Crippen molar-refractivity contribution in [2.45, 2.75) is 13.5 Å². The first-order chi connectivity index (χ1) is 17.0. The molecule has 1 amide bonds. The molecule has 0 unspecified atom stereocenters. The van der Waals surface area contributed by atoms with E-state index in [1.54, 1.807) is 50.4 Å². The van der Waals surface area contributed by atoms with Crippen molar-refractivity contribution in [3.63, 3.8) is 0 Å². The third-order valence-electron chi connectivity index (χ3n) is 5.55. The summed E-state index contributed by atoms with van der Waals surface area (Å²) < 4.78 is 28.9. The third-order valence-corrected chi connectivity index (χ3v) is 5.55. The molecule has 0 aliphatic carbocycles. The van der Waals surface area contributed by atoms with Crippen molar-refractivity contribution in [1.82, 2.24) is 19.2 Å². The van der Waals surface area contributed by atoms with E-state index in [4.69, 9.17) is 9.47 Å². The second kappa shape index (κ2) is 9.30. The van der Waals surface area contributed by atoms with Gasteiger partial charge in [0.15, 0.2) is 11.5 Å². The normalized spacial score (nSPS) is 10.9. The molecule has 0 fully saturated rings. The van der Waals surface area contributed by atoms with Crippen LogP contribution in [0.1, 0.15) is 21.7 Å². The Morgan fingerprint density at radius 2 is 1.91 bits per heavy atom. The van der Waals surface area contributed by atoms with Crippen molar-refractivity contribution in [3.05, 3.63) is 102 Å². The molecule has 1 N–H and O–H groups in total. The minimum Gasteiger partial charge on any atom is -0.493 e. The maximum absolute atomic E-state index is 14.2. The smallest absolute Gasteiger partial charge is 0.259 e. The predicted molar refractivity (Wildman–Crippen MR) is 129 cm³/mol. The van der Waals surface area contributed by atoms with Crippen LogP contribution in [0.15, 0.2) is 79.3 Å². The molecular formula is C26H22FN5O3. The summed E-state index contributed by atoms with van der Waals surface area (Å²) >= 11 is 0. The zero-order valence-corrected chi connectivity index (χ0v) is 19.1. The van der Waals surface area contributed by atoms with Crippen molar-refractivity contribution < 1.29 is 18.7 Å². The molecule has 2 aromatic carbocycles. The average Bonchev–Trinajstić information content (AvgIpc) is 3.46. The number of halogens is 1. The molecular weight excluding hydrogens is 449 g/mol. The number of hydrogen-bond acceptors (Lipinski definition) is 5. The number of aromatic nitrogens is 4. The Kier molecular flexibility index (Phi) is 5.88. The Balaban J connectivity index is 1.34. The number of ether oxygens (including phenoxy) is 2. The van der Waals surface area contributed by atoms with Gasteiger partial charge in [-0.1, -0.05) is 18.2 Å². The number of fused-ring (bicyclic) bond motifs is 1. The van der Waals surface area contributed by atoms with Gasteiger partial charge in [0.2, 0.25) is 0 Å². The summed E-state index contributed by atoms with van der Waals surface area (Å²) in [5, 5.41) is 7.05. The molecule has 0 aliphatic heterocycles. The number of imidazole rings is 1. The number of anilines is 1. The first kappa shape index (κ1) is 22.1. The number of pyridine rings is 1. The largest absolute Gasteiger partial charge is 0.493 e. The molecule has 5 rings (SSSR count). The summed E-state index contributed by atoms with van der Waals surface area (Å²) in [5.74, 6) is 0.186. The van der Waals surface area contributed by atoms with Gasteiger partial charge in [0.05, 0.1) is 30.3 Å². The van der Waals surface area contributed by atoms with Crippen LogP contribution in [-0.4, -0.2) is 32.2 Å². The maximum Gasteiger partial charge on any atom is 0.259 e. The maximum atomic E-state index is 14.2. The SMILES string of the molecule is COc1ccc(NC(=O)c2cnn(-c3ccccc3F)c2C)cc1OCc1cn2ccccc2n1. The van der Waals surface area contributed by atoms with Crippen LogP contribution in [0.3, 0.4) is 0 Å². The van der Waals surface area contributed by atoms with Crippen LogP contribution in [0.4, 0.5) is 10.1 Å². The van der Waals surface area contributed by atoms with Gasteiger partial charge in [-0.3, -0.25) is 4.79 Å². The summed E-state index contributed by atoms with van der Waals surface area (Å²) in [6.45, 7) is 1.94. The molecule has 0 aliphatic rings. The molecule has 35 heavy (non-hydrogen) atoms. The fourth-order valence-electron chi connectivity index (χ4n) is 3.77. The van der Waals surface area contributed by atoms with Crippen LogP contribution >= 0.6 is 0 Å². The lowest BCUT2D eigenvalue weighted by Crippen LogP contribution is -2.13. The minimum absolute atomic E-state index is 0.226. The first-order valence-electron chi connectivity index (χ1n) is 10.9. The number of methoxy groups -OCH3 is 1. The fraction of sp³-hybridized carbons (Fsp3) is 0.115. The number of para-hydroxylation sites is 1. The zero-order chi connectivity index (χ0) is 24.4. The molecule has 8 nitrogen and oxygen atoms in total. The number of hydrogen-bond donors (Lipinski definition) is 1. The Hall–Kier alpha value is -4.66. The molecule has 0 atom stereocenters. The standard InChI is InChI=1S/C26H22FN5O3/c1-17-20(14-28-32(17)22-8-4-3-7-21(22)27)26(33)30-18-10-11-23(34-2)24(13-18)35-16-19-15-31-12-6-5-9-25(31)29-19/h3-15H,16H2,1-2H3,(H,30,33). The lowest BCUT2D eigenvalue weighted by molar-refractivity contribution is 0.102. The van der Waals surface area contributed by atoms with E-state index in [0.717, 1.165) is 11.3 Å². The molecule has 0 bridgehead atoms. The summed E-state index contributed by atoms with van der Waals surface area (Å²) in [6.07, 6.45) is 5.23. The lowest BCUT2D eigenvalue weighted by atomic mass is 10.2. The number of nitrogens with zero attached hydrogens (tertiary/aromatic N) is 4. The van der Waals surface area contributed by atoms with E-state index < -0.39 is 5.82 Å². The summed E-state index contributed by atoms with van der Waals surface area (Å²) in [7, 11) is 1.55. The molecule has 176 valence electrons. The van der Waals surface area contributed by atoms with Crippen molar-refractivity contribution in [2.24, 2.45) is 0 Å². The molecule has 0 saturated carbocycles. The fourth-order valence-corrected chi connectivity index (χ4v) is 3.77. The highest BCUT2D eigenvalue weighted by atomic mass is 19.1. The van der Waals surface area contributed by atoms with Gasteiger partial charge in [0.1, 0.15) is 23.8 Å². The predicted octanol–water partition coefficient (Wildman–Crippen LogP) is 4.81. The molecule has 0 radical (unpaired) electrons. The van der Waals surface area contributed by atoms with E-state index in [2.05, 4.69) is 15.4 Å². The van der Waals surface area contributed by atoms with Gasteiger partial charge in [-0.05, 0) is 43.3 Å². The quantitative estimate of drug-likeness (QED) is 0.369. The molecule has 3 aromatic heterocycles. The van der Waals surface area contributed by atoms with Crippen LogP contribution < -0.4 is 14.8 Å². The monoisotopic (exact) mass is 471 g/mol. The zero-order valence-electron chi connectivity index (χ0n) is 19.1. The van der Waals surface area contributed by atoms with Crippen molar-refractivity contribution in [1.29, 1.82) is 0 Å². The first-order valence-corrected chi connectivity index (χ1v) is 10.9. The molecule has 0 saturated heterocycles. The molecule has 5 aromatic rings. The van der Waals surface area contributed by atoms with E-state index in [9.17, 15) is 9.18 Å². The van der Waals surface area contributed by atoms with Gasteiger partial charge in [-0.25, -0.2) is 14.1 Å². The Morgan fingerprint density at radius 3 is 2.71 bits per heavy atom. The summed E-state index contributed by atoms with van der Waals surface area (Å²) in [6, 6.07) is 17.1. The Bertz CT molecular complexity index is 1490. The highest BCUT2D eigenvalue weighted by Gasteiger charge is 2.18. The second-order valence-corrected chi connectivity index (χ2v) is 7.81. The van der Waals surface area contributed by atoms with Gasteiger partial charge >= 0.3 is 0 Å². The summed E-state index contributed by atoms with van der Waals surface area (Å²) in [4.78, 5) is 17.5. The van der Waals surface area contributed by atoms with Crippen molar-refractivity contribution >= 4 is 17.2 Å².